The number of benzene rings is 1. The van der Waals surface area contributed by atoms with Crippen molar-refractivity contribution >= 4 is 23.6 Å². The van der Waals surface area contributed by atoms with Crippen LogP contribution in [0.1, 0.15) is 18.3 Å². The van der Waals surface area contributed by atoms with Crippen LogP contribution in [-0.2, 0) is 28.0 Å². The van der Waals surface area contributed by atoms with E-state index in [-0.39, 0.29) is 31.4 Å². The lowest BCUT2D eigenvalue weighted by Gasteiger charge is -2.08. The van der Waals surface area contributed by atoms with Crippen molar-refractivity contribution in [3.05, 3.63) is 35.7 Å². The van der Waals surface area contributed by atoms with Crippen LogP contribution in [0.4, 0.5) is 0 Å². The minimum atomic E-state index is -0.458. The summed E-state index contributed by atoms with van der Waals surface area (Å²) in [6.07, 6.45) is 0. The predicted molar refractivity (Wildman–Crippen MR) is 96.9 cm³/mol. The lowest BCUT2D eigenvalue weighted by molar-refractivity contribution is -0.143. The summed E-state index contributed by atoms with van der Waals surface area (Å²) in [7, 11) is 1.81. The number of esters is 1. The Hall–Kier alpha value is -2.55. The number of nitrogens with zero attached hydrogens (tertiary/aromatic N) is 3. The number of aryl methyl sites for hydroxylation is 1. The highest BCUT2D eigenvalue weighted by Crippen LogP contribution is 2.19. The molecule has 0 fully saturated rings. The normalized spacial score (nSPS) is 10.4. The van der Waals surface area contributed by atoms with E-state index in [1.807, 2.05) is 38.2 Å². The van der Waals surface area contributed by atoms with Crippen LogP contribution in [0.3, 0.4) is 0 Å². The molecule has 1 aromatic heterocycles. The molecule has 0 radical (unpaired) electrons. The van der Waals surface area contributed by atoms with Gasteiger partial charge < -0.3 is 19.4 Å². The van der Waals surface area contributed by atoms with E-state index in [0.29, 0.717) is 11.0 Å². The van der Waals surface area contributed by atoms with Crippen molar-refractivity contribution in [2.24, 2.45) is 7.05 Å². The average molecular weight is 378 g/mol. The van der Waals surface area contributed by atoms with Crippen molar-refractivity contribution in [3.63, 3.8) is 0 Å². The third-order valence-corrected chi connectivity index (χ3v) is 4.46. The molecule has 1 aromatic carbocycles. The monoisotopic (exact) mass is 378 g/mol. The molecule has 140 valence electrons. The molecule has 1 heterocycles. The number of hydrogen-bond donors (Lipinski definition) is 1. The smallest absolute Gasteiger partial charge is 0.325 e. The summed E-state index contributed by atoms with van der Waals surface area (Å²) in [6, 6.07) is 7.74. The number of carbonyl (C=O) groups excluding carboxylic acids is 2. The summed E-state index contributed by atoms with van der Waals surface area (Å²) in [6.45, 7) is 4.12. The van der Waals surface area contributed by atoms with Gasteiger partial charge in [-0.2, -0.15) is 0 Å². The Labute approximate surface area is 156 Å². The zero-order valence-corrected chi connectivity index (χ0v) is 15.8. The Morgan fingerprint density at radius 3 is 2.77 bits per heavy atom. The lowest BCUT2D eigenvalue weighted by atomic mass is 10.2. The van der Waals surface area contributed by atoms with E-state index in [1.54, 1.807) is 11.5 Å². The fourth-order valence-corrected chi connectivity index (χ4v) is 2.78. The molecular formula is C17H22N4O4S. The third-order valence-electron chi connectivity index (χ3n) is 3.44. The molecule has 0 unspecified atom stereocenters. The van der Waals surface area contributed by atoms with Gasteiger partial charge in [-0.05, 0) is 25.5 Å². The second-order valence-electron chi connectivity index (χ2n) is 5.38. The summed E-state index contributed by atoms with van der Waals surface area (Å²) in [5.74, 6) is 0.846. The number of hydrogen-bond acceptors (Lipinski definition) is 7. The number of ether oxygens (including phenoxy) is 2. The second kappa shape index (κ2) is 9.81. The molecule has 2 aromatic rings. The van der Waals surface area contributed by atoms with Crippen LogP contribution in [-0.4, -0.2) is 45.5 Å². The summed E-state index contributed by atoms with van der Waals surface area (Å²) in [4.78, 5) is 23.0. The molecule has 26 heavy (non-hydrogen) atoms. The fraction of sp³-hybridized carbons (Fsp3) is 0.412. The van der Waals surface area contributed by atoms with Crippen molar-refractivity contribution in [3.8, 4) is 5.75 Å². The molecule has 1 N–H and O–H groups in total. The van der Waals surface area contributed by atoms with Crippen LogP contribution >= 0.6 is 11.8 Å². The third kappa shape index (κ3) is 5.76. The maximum Gasteiger partial charge on any atom is 0.325 e. The molecule has 0 atom stereocenters. The van der Waals surface area contributed by atoms with Crippen LogP contribution in [0.2, 0.25) is 0 Å². The van der Waals surface area contributed by atoms with Crippen molar-refractivity contribution in [1.29, 1.82) is 0 Å². The average Bonchev–Trinajstić information content (AvgIpc) is 2.98. The van der Waals surface area contributed by atoms with Gasteiger partial charge in [0.05, 0.1) is 12.4 Å². The van der Waals surface area contributed by atoms with Crippen LogP contribution in [0, 0.1) is 6.92 Å². The Morgan fingerprint density at radius 1 is 1.27 bits per heavy atom. The van der Waals surface area contributed by atoms with Gasteiger partial charge in [0.25, 0.3) is 0 Å². The maximum absolute atomic E-state index is 11.8. The van der Waals surface area contributed by atoms with Gasteiger partial charge >= 0.3 is 5.97 Å². The second-order valence-corrected chi connectivity index (χ2v) is 6.32. The van der Waals surface area contributed by atoms with Gasteiger partial charge in [-0.1, -0.05) is 30.0 Å². The van der Waals surface area contributed by atoms with Gasteiger partial charge in [-0.3, -0.25) is 9.59 Å². The number of rotatable bonds is 9. The van der Waals surface area contributed by atoms with E-state index in [1.165, 1.54) is 11.8 Å². The minimum Gasteiger partial charge on any atom is -0.485 e. The zero-order valence-electron chi connectivity index (χ0n) is 15.0. The van der Waals surface area contributed by atoms with Crippen LogP contribution in [0.5, 0.6) is 5.75 Å². The Bertz CT molecular complexity index is 763. The highest BCUT2D eigenvalue weighted by molar-refractivity contribution is 7.99. The molecule has 0 saturated carbocycles. The van der Waals surface area contributed by atoms with Gasteiger partial charge in [-0.15, -0.1) is 10.2 Å². The molecule has 0 bridgehead atoms. The summed E-state index contributed by atoms with van der Waals surface area (Å²) in [5.41, 5.74) is 1.04. The summed E-state index contributed by atoms with van der Waals surface area (Å²) in [5, 5.41) is 11.3. The first-order valence-electron chi connectivity index (χ1n) is 8.13. The molecular weight excluding hydrogens is 356 g/mol. The fourth-order valence-electron chi connectivity index (χ4n) is 2.02. The SMILES string of the molecule is CCOC(=O)CNC(=O)CSc1nnc(COc2ccccc2C)n1C. The molecule has 8 nitrogen and oxygen atoms in total. The number of aromatic nitrogens is 3. The van der Waals surface area contributed by atoms with Crippen molar-refractivity contribution < 1.29 is 19.1 Å². The van der Waals surface area contributed by atoms with Crippen LogP contribution in [0.25, 0.3) is 0 Å². The Balaban J connectivity index is 1.82. The molecule has 2 rings (SSSR count). The highest BCUT2D eigenvalue weighted by Gasteiger charge is 2.13. The van der Waals surface area contributed by atoms with E-state index >= 15 is 0 Å². The van der Waals surface area contributed by atoms with Gasteiger partial charge in [0.1, 0.15) is 18.9 Å². The van der Waals surface area contributed by atoms with E-state index in [0.717, 1.165) is 11.3 Å². The number of para-hydroxylation sites is 1. The number of carbonyl (C=O) groups is 2. The molecule has 0 aliphatic rings. The molecule has 0 aliphatic carbocycles. The maximum atomic E-state index is 11.8. The molecule has 0 aliphatic heterocycles. The number of thioether (sulfide) groups is 1. The zero-order chi connectivity index (χ0) is 18.9. The highest BCUT2D eigenvalue weighted by atomic mass is 32.2. The molecule has 0 saturated heterocycles. The van der Waals surface area contributed by atoms with Crippen molar-refractivity contribution in [2.45, 2.75) is 25.6 Å². The largest absolute Gasteiger partial charge is 0.485 e. The summed E-state index contributed by atoms with van der Waals surface area (Å²) < 4.78 is 12.3. The van der Waals surface area contributed by atoms with Crippen molar-refractivity contribution in [1.82, 2.24) is 20.1 Å². The van der Waals surface area contributed by atoms with Gasteiger partial charge in [-0.25, -0.2) is 0 Å². The quantitative estimate of drug-likeness (QED) is 0.521. The first kappa shape index (κ1) is 19.8. The van der Waals surface area contributed by atoms with Gasteiger partial charge in [0, 0.05) is 7.05 Å². The van der Waals surface area contributed by atoms with Crippen molar-refractivity contribution in [2.75, 3.05) is 18.9 Å². The van der Waals surface area contributed by atoms with E-state index in [9.17, 15) is 9.59 Å². The minimum absolute atomic E-state index is 0.129. The Morgan fingerprint density at radius 2 is 2.04 bits per heavy atom. The van der Waals surface area contributed by atoms with Gasteiger partial charge in [0.15, 0.2) is 11.0 Å². The van der Waals surface area contributed by atoms with E-state index in [4.69, 9.17) is 9.47 Å². The molecule has 0 spiro atoms. The van der Waals surface area contributed by atoms with Crippen LogP contribution in [0.15, 0.2) is 29.4 Å². The molecule has 1 amide bonds. The molecule has 9 heteroatoms. The first-order valence-corrected chi connectivity index (χ1v) is 9.11. The van der Waals surface area contributed by atoms with Crippen LogP contribution < -0.4 is 10.1 Å². The predicted octanol–water partition coefficient (Wildman–Crippen LogP) is 1.47. The standard InChI is InChI=1S/C17H22N4O4S/c1-4-24-16(23)9-18-15(22)11-26-17-20-19-14(21(17)3)10-25-13-8-6-5-7-12(13)2/h5-8H,4,9-11H2,1-3H3,(H,18,22). The summed E-state index contributed by atoms with van der Waals surface area (Å²) >= 11 is 1.24. The number of amides is 1. The van der Waals surface area contributed by atoms with Gasteiger partial charge in [0.2, 0.25) is 5.91 Å². The Kier molecular flexibility index (Phi) is 7.46. The topological polar surface area (TPSA) is 95.3 Å². The number of nitrogens with one attached hydrogen (secondary N) is 1. The van der Waals surface area contributed by atoms with E-state index in [2.05, 4.69) is 15.5 Å². The first-order chi connectivity index (χ1) is 12.5. The van der Waals surface area contributed by atoms with E-state index < -0.39 is 5.97 Å². The lowest BCUT2D eigenvalue weighted by Crippen LogP contribution is -2.31.